The van der Waals surface area contributed by atoms with E-state index in [9.17, 15) is 14.7 Å². The van der Waals surface area contributed by atoms with Gasteiger partial charge in [0.25, 0.3) is 0 Å². The van der Waals surface area contributed by atoms with E-state index < -0.39 is 16.9 Å². The average Bonchev–Trinajstić information content (AvgIpc) is 3.22. The summed E-state index contributed by atoms with van der Waals surface area (Å²) in [6, 6.07) is 7.30. The van der Waals surface area contributed by atoms with E-state index in [1.807, 2.05) is 12.1 Å². The number of methoxy groups -OCH3 is 1. The molecule has 2 fully saturated rings. The van der Waals surface area contributed by atoms with Gasteiger partial charge in [-0.3, -0.25) is 4.79 Å². The number of hydrogen-bond donors (Lipinski definition) is 1. The highest BCUT2D eigenvalue weighted by Crippen LogP contribution is 2.51. The normalized spacial score (nSPS) is 25.4. The van der Waals surface area contributed by atoms with Crippen LogP contribution in [0.1, 0.15) is 31.2 Å². The van der Waals surface area contributed by atoms with Crippen molar-refractivity contribution < 1.29 is 19.4 Å². The zero-order chi connectivity index (χ0) is 16.7. The van der Waals surface area contributed by atoms with Crippen LogP contribution in [0.5, 0.6) is 0 Å². The molecule has 1 amide bonds. The lowest BCUT2D eigenvalue weighted by atomic mass is 9.91. The maximum absolute atomic E-state index is 13.2. The number of carbonyl (C=O) groups is 2. The highest BCUT2D eigenvalue weighted by atomic mass is 35.5. The zero-order valence-electron chi connectivity index (χ0n) is 13.0. The van der Waals surface area contributed by atoms with Gasteiger partial charge < -0.3 is 14.7 Å². The van der Waals surface area contributed by atoms with Crippen LogP contribution in [0.4, 0.5) is 0 Å². The number of benzene rings is 1. The summed E-state index contributed by atoms with van der Waals surface area (Å²) in [6.07, 6.45) is 2.55. The number of nitrogens with zero attached hydrogens (tertiary/aromatic N) is 1. The predicted molar refractivity (Wildman–Crippen MR) is 85.6 cm³/mol. The van der Waals surface area contributed by atoms with Crippen LogP contribution in [0.25, 0.3) is 0 Å². The van der Waals surface area contributed by atoms with Crippen molar-refractivity contribution in [2.75, 3.05) is 20.3 Å². The van der Waals surface area contributed by atoms with Gasteiger partial charge in [-0.15, -0.1) is 0 Å². The van der Waals surface area contributed by atoms with Gasteiger partial charge in [-0.2, -0.15) is 0 Å². The standard InChI is InChI=1S/C17H20ClNO4/c1-23-11-17(15(21)22)6-3-9-19(17)14(20)16(7-8-16)12-4-2-5-13(18)10-12/h2,4-5,10H,3,6-9,11H2,1H3,(H,21,22). The Morgan fingerprint density at radius 2 is 2.09 bits per heavy atom. The Bertz CT molecular complexity index is 643. The molecule has 1 aliphatic heterocycles. The monoisotopic (exact) mass is 337 g/mol. The van der Waals surface area contributed by atoms with E-state index >= 15 is 0 Å². The fourth-order valence-corrected chi connectivity index (χ4v) is 3.83. The summed E-state index contributed by atoms with van der Waals surface area (Å²) in [5, 5.41) is 10.3. The minimum absolute atomic E-state index is 0.0136. The molecule has 0 radical (unpaired) electrons. The van der Waals surface area contributed by atoms with Gasteiger partial charge in [-0.25, -0.2) is 4.79 Å². The molecule has 1 N–H and O–H groups in total. The van der Waals surface area contributed by atoms with Gasteiger partial charge >= 0.3 is 5.97 Å². The minimum Gasteiger partial charge on any atom is -0.479 e. The Balaban J connectivity index is 1.94. The summed E-state index contributed by atoms with van der Waals surface area (Å²) in [6.45, 7) is 0.469. The van der Waals surface area contributed by atoms with E-state index in [0.717, 1.165) is 18.4 Å². The maximum Gasteiger partial charge on any atom is 0.332 e. The largest absolute Gasteiger partial charge is 0.479 e. The van der Waals surface area contributed by atoms with Gasteiger partial charge in [-0.1, -0.05) is 23.7 Å². The quantitative estimate of drug-likeness (QED) is 0.896. The molecule has 6 heteroatoms. The Morgan fingerprint density at radius 1 is 1.35 bits per heavy atom. The van der Waals surface area contributed by atoms with Crippen LogP contribution in [0, 0.1) is 0 Å². The summed E-state index contributed by atoms with van der Waals surface area (Å²) < 4.78 is 5.13. The van der Waals surface area contributed by atoms with E-state index in [0.29, 0.717) is 24.4 Å². The molecule has 1 heterocycles. The van der Waals surface area contributed by atoms with Gasteiger partial charge in [0, 0.05) is 18.7 Å². The lowest BCUT2D eigenvalue weighted by molar-refractivity contribution is -0.161. The number of rotatable bonds is 5. The molecule has 3 rings (SSSR count). The first-order valence-corrected chi connectivity index (χ1v) is 8.14. The van der Waals surface area contributed by atoms with Gasteiger partial charge in [-0.05, 0) is 43.4 Å². The molecule has 0 aromatic heterocycles. The van der Waals surface area contributed by atoms with E-state index in [4.69, 9.17) is 16.3 Å². The van der Waals surface area contributed by atoms with Crippen molar-refractivity contribution in [3.05, 3.63) is 34.9 Å². The Kier molecular flexibility index (Phi) is 4.10. The molecule has 2 aliphatic rings. The number of aliphatic carboxylic acids is 1. The number of amides is 1. The lowest BCUT2D eigenvalue weighted by Gasteiger charge is -2.36. The van der Waals surface area contributed by atoms with Crippen LogP contribution in [0.3, 0.4) is 0 Å². The molecule has 1 aliphatic carbocycles. The molecule has 1 aromatic carbocycles. The summed E-state index contributed by atoms with van der Waals surface area (Å²) in [5.74, 6) is -1.11. The smallest absolute Gasteiger partial charge is 0.332 e. The molecule has 1 saturated carbocycles. The molecular weight excluding hydrogens is 318 g/mol. The molecule has 23 heavy (non-hydrogen) atoms. The van der Waals surface area contributed by atoms with Crippen molar-refractivity contribution >= 4 is 23.5 Å². The van der Waals surface area contributed by atoms with Crippen molar-refractivity contribution in [1.29, 1.82) is 0 Å². The third-order valence-electron chi connectivity index (χ3n) is 5.05. The molecule has 1 aromatic rings. The van der Waals surface area contributed by atoms with E-state index in [-0.39, 0.29) is 12.5 Å². The van der Waals surface area contributed by atoms with Crippen LogP contribution >= 0.6 is 11.6 Å². The molecule has 1 atom stereocenters. The molecule has 0 spiro atoms. The topological polar surface area (TPSA) is 66.8 Å². The number of likely N-dealkylation sites (tertiary alicyclic amines) is 1. The minimum atomic E-state index is -1.25. The molecule has 5 nitrogen and oxygen atoms in total. The van der Waals surface area contributed by atoms with Crippen molar-refractivity contribution in [1.82, 2.24) is 4.90 Å². The third kappa shape index (κ3) is 2.52. The Morgan fingerprint density at radius 3 is 2.65 bits per heavy atom. The number of carboxylic acids is 1. The average molecular weight is 338 g/mol. The first kappa shape index (κ1) is 16.3. The van der Waals surface area contributed by atoms with E-state index in [1.54, 1.807) is 12.1 Å². The highest BCUT2D eigenvalue weighted by Gasteiger charge is 2.59. The number of ether oxygens (including phenoxy) is 1. The molecular formula is C17H20ClNO4. The van der Waals surface area contributed by atoms with E-state index in [2.05, 4.69) is 0 Å². The maximum atomic E-state index is 13.2. The number of carboxylic acid groups (broad SMARTS) is 1. The van der Waals surface area contributed by atoms with Crippen LogP contribution in [0.15, 0.2) is 24.3 Å². The number of carbonyl (C=O) groups excluding carboxylic acids is 1. The second-order valence-electron chi connectivity index (χ2n) is 6.42. The van der Waals surface area contributed by atoms with E-state index in [1.165, 1.54) is 12.0 Å². The Labute approximate surface area is 140 Å². The van der Waals surface area contributed by atoms with Crippen molar-refractivity contribution in [2.45, 2.75) is 36.6 Å². The third-order valence-corrected chi connectivity index (χ3v) is 5.29. The van der Waals surface area contributed by atoms with Gasteiger partial charge in [0.15, 0.2) is 5.54 Å². The predicted octanol–water partition coefficient (Wildman–Crippen LogP) is 2.46. The van der Waals surface area contributed by atoms with Crippen molar-refractivity contribution in [3.63, 3.8) is 0 Å². The van der Waals surface area contributed by atoms with Crippen molar-refractivity contribution in [2.24, 2.45) is 0 Å². The summed E-state index contributed by atoms with van der Waals surface area (Å²) in [4.78, 5) is 26.6. The molecule has 1 unspecified atom stereocenters. The summed E-state index contributed by atoms with van der Waals surface area (Å²) >= 11 is 6.06. The second kappa shape index (κ2) is 5.80. The molecule has 124 valence electrons. The van der Waals surface area contributed by atoms with Gasteiger partial charge in [0.1, 0.15) is 0 Å². The highest BCUT2D eigenvalue weighted by molar-refractivity contribution is 6.30. The summed E-state index contributed by atoms with van der Waals surface area (Å²) in [5.41, 5.74) is -0.998. The zero-order valence-corrected chi connectivity index (χ0v) is 13.8. The SMILES string of the molecule is COCC1(C(=O)O)CCCN1C(=O)C1(c2cccc(Cl)c2)CC1. The van der Waals surface area contributed by atoms with Gasteiger partial charge in [0.2, 0.25) is 5.91 Å². The van der Waals surface area contributed by atoms with Crippen LogP contribution in [-0.2, 0) is 19.7 Å². The van der Waals surface area contributed by atoms with Crippen LogP contribution in [-0.4, -0.2) is 47.7 Å². The van der Waals surface area contributed by atoms with Crippen LogP contribution in [0.2, 0.25) is 5.02 Å². The number of hydrogen-bond acceptors (Lipinski definition) is 3. The second-order valence-corrected chi connectivity index (χ2v) is 6.86. The van der Waals surface area contributed by atoms with Gasteiger partial charge in [0.05, 0.1) is 12.0 Å². The molecule has 0 bridgehead atoms. The van der Waals surface area contributed by atoms with Crippen molar-refractivity contribution in [3.8, 4) is 0 Å². The fraction of sp³-hybridized carbons (Fsp3) is 0.529. The Hall–Kier alpha value is -1.59. The first-order chi connectivity index (χ1) is 11.0. The lowest BCUT2D eigenvalue weighted by Crippen LogP contribution is -2.58. The first-order valence-electron chi connectivity index (χ1n) is 7.77. The number of halogens is 1. The molecule has 1 saturated heterocycles. The fourth-order valence-electron chi connectivity index (χ4n) is 3.64. The summed E-state index contributed by atoms with van der Waals surface area (Å²) in [7, 11) is 1.47. The van der Waals surface area contributed by atoms with Crippen LogP contribution < -0.4 is 0 Å².